The van der Waals surface area contributed by atoms with Gasteiger partial charge < -0.3 is 5.32 Å². The highest BCUT2D eigenvalue weighted by atomic mass is 35.5. The van der Waals surface area contributed by atoms with Crippen LogP contribution in [-0.2, 0) is 7.05 Å². The van der Waals surface area contributed by atoms with Crippen LogP contribution >= 0.6 is 23.2 Å². The molecule has 20 heavy (non-hydrogen) atoms. The number of benzene rings is 1. The minimum atomic E-state index is -0.599. The Labute approximate surface area is 123 Å². The minimum Gasteiger partial charge on any atom is -0.319 e. The summed E-state index contributed by atoms with van der Waals surface area (Å²) in [6, 6.07) is 3.73. The Balaban J connectivity index is 2.30. The number of halogens is 2. The molecule has 1 heterocycles. The summed E-state index contributed by atoms with van der Waals surface area (Å²) in [5.74, 6) is -0.599. The van der Waals surface area contributed by atoms with Crippen LogP contribution < -0.4 is 5.32 Å². The van der Waals surface area contributed by atoms with Crippen LogP contribution in [0.25, 0.3) is 0 Å². The molecule has 1 N–H and O–H groups in total. The van der Waals surface area contributed by atoms with E-state index in [4.69, 9.17) is 23.2 Å². The number of aryl methyl sites for hydroxylation is 1. The molecule has 0 spiro atoms. The van der Waals surface area contributed by atoms with Gasteiger partial charge in [0, 0.05) is 25.4 Å². The first-order valence-corrected chi connectivity index (χ1v) is 6.08. The molecule has 0 saturated heterocycles. The molecule has 1 aromatic carbocycles. The molecule has 2 rings (SSSR count). The van der Waals surface area contributed by atoms with Crippen LogP contribution in [0, 0.1) is 10.1 Å². The predicted molar refractivity (Wildman–Crippen MR) is 74.3 cm³/mol. The first-order valence-electron chi connectivity index (χ1n) is 5.33. The smallest absolute Gasteiger partial charge is 0.277 e. The van der Waals surface area contributed by atoms with Crippen LogP contribution in [0.5, 0.6) is 0 Å². The quantitative estimate of drug-likeness (QED) is 0.696. The predicted octanol–water partition coefficient (Wildman–Crippen LogP) is 2.89. The molecule has 104 valence electrons. The van der Waals surface area contributed by atoms with E-state index in [0.29, 0.717) is 0 Å². The first kappa shape index (κ1) is 14.3. The van der Waals surface area contributed by atoms with E-state index in [9.17, 15) is 14.9 Å². The Morgan fingerprint density at radius 1 is 1.40 bits per heavy atom. The Kier molecular flexibility index (Phi) is 3.91. The van der Waals surface area contributed by atoms with Gasteiger partial charge in [0.05, 0.1) is 20.7 Å². The largest absolute Gasteiger partial charge is 0.319 e. The van der Waals surface area contributed by atoms with Crippen molar-refractivity contribution < 1.29 is 9.72 Å². The van der Waals surface area contributed by atoms with Crippen molar-refractivity contribution >= 4 is 40.5 Å². The van der Waals surface area contributed by atoms with Crippen molar-refractivity contribution in [2.45, 2.75) is 0 Å². The second-order valence-corrected chi connectivity index (χ2v) is 4.69. The molecule has 0 saturated carbocycles. The molecule has 0 bridgehead atoms. The number of nitrogens with zero attached hydrogens (tertiary/aromatic N) is 3. The second kappa shape index (κ2) is 5.48. The first-order chi connectivity index (χ1) is 9.38. The van der Waals surface area contributed by atoms with Crippen molar-refractivity contribution in [3.05, 3.63) is 50.2 Å². The van der Waals surface area contributed by atoms with Crippen LogP contribution in [0.4, 0.5) is 11.4 Å². The Bertz CT molecular complexity index is 699. The molecule has 0 aliphatic heterocycles. The summed E-state index contributed by atoms with van der Waals surface area (Å²) in [6.07, 6.45) is 1.46. The number of nitrogens with one attached hydrogen (secondary N) is 1. The van der Waals surface area contributed by atoms with Crippen molar-refractivity contribution in [3.8, 4) is 0 Å². The van der Waals surface area contributed by atoms with Crippen LogP contribution in [0.2, 0.25) is 10.0 Å². The Hall–Kier alpha value is -2.12. The lowest BCUT2D eigenvalue weighted by Crippen LogP contribution is -2.14. The van der Waals surface area contributed by atoms with Gasteiger partial charge in [-0.2, -0.15) is 5.10 Å². The van der Waals surface area contributed by atoms with E-state index in [0.717, 1.165) is 6.07 Å². The molecular weight excluding hydrogens is 307 g/mol. The number of nitro groups is 1. The number of anilines is 1. The normalized spacial score (nSPS) is 10.3. The van der Waals surface area contributed by atoms with E-state index in [1.54, 1.807) is 7.05 Å². The molecule has 0 aliphatic rings. The number of non-ortho nitro benzene ring substituents is 1. The van der Waals surface area contributed by atoms with Gasteiger partial charge in [-0.1, -0.05) is 23.2 Å². The van der Waals surface area contributed by atoms with Crippen molar-refractivity contribution in [2.75, 3.05) is 5.32 Å². The van der Waals surface area contributed by atoms with Gasteiger partial charge in [-0.3, -0.25) is 19.6 Å². The fourth-order valence-electron chi connectivity index (χ4n) is 1.52. The molecule has 0 atom stereocenters. The molecule has 7 nitrogen and oxygen atoms in total. The number of carbonyl (C=O) groups excluding carboxylic acids is 1. The zero-order chi connectivity index (χ0) is 14.9. The molecule has 9 heteroatoms. The Morgan fingerprint density at radius 2 is 2.10 bits per heavy atom. The molecule has 0 radical (unpaired) electrons. The maximum absolute atomic E-state index is 12.0. The summed E-state index contributed by atoms with van der Waals surface area (Å²) < 4.78 is 1.38. The average molecular weight is 315 g/mol. The lowest BCUT2D eigenvalue weighted by atomic mass is 10.2. The highest BCUT2D eigenvalue weighted by Crippen LogP contribution is 2.27. The lowest BCUT2D eigenvalue weighted by Gasteiger charge is -2.05. The van der Waals surface area contributed by atoms with Crippen molar-refractivity contribution in [1.82, 2.24) is 9.78 Å². The van der Waals surface area contributed by atoms with Crippen LogP contribution in [0.3, 0.4) is 0 Å². The molecule has 0 fully saturated rings. The maximum atomic E-state index is 12.0. The summed E-state index contributed by atoms with van der Waals surface area (Å²) in [6.45, 7) is 0. The molecule has 0 aliphatic carbocycles. The summed E-state index contributed by atoms with van der Waals surface area (Å²) in [7, 11) is 1.61. The molecule has 1 amide bonds. The number of nitro benzene ring substituents is 1. The number of hydrogen-bond donors (Lipinski definition) is 1. The third-order valence-electron chi connectivity index (χ3n) is 2.41. The Morgan fingerprint density at radius 3 is 2.65 bits per heavy atom. The summed E-state index contributed by atoms with van der Waals surface area (Å²) in [4.78, 5) is 22.1. The molecular formula is C11H8Cl2N4O3. The van der Waals surface area contributed by atoms with Crippen molar-refractivity contribution in [2.24, 2.45) is 7.05 Å². The lowest BCUT2D eigenvalue weighted by molar-refractivity contribution is -0.384. The number of rotatable bonds is 3. The van der Waals surface area contributed by atoms with Gasteiger partial charge >= 0.3 is 0 Å². The van der Waals surface area contributed by atoms with Crippen molar-refractivity contribution in [3.63, 3.8) is 0 Å². The average Bonchev–Trinajstić information content (AvgIpc) is 2.71. The highest BCUT2D eigenvalue weighted by Gasteiger charge is 2.17. The molecule has 2 aromatic rings. The summed E-state index contributed by atoms with van der Waals surface area (Å²) in [5, 5.41) is 17.4. The molecule has 0 unspecified atom stereocenters. The fourth-order valence-corrected chi connectivity index (χ4v) is 1.95. The van der Waals surface area contributed by atoms with E-state index in [-0.39, 0.29) is 27.1 Å². The van der Waals surface area contributed by atoms with Gasteiger partial charge in [0.25, 0.3) is 11.6 Å². The van der Waals surface area contributed by atoms with Gasteiger partial charge in [-0.05, 0) is 6.07 Å². The van der Waals surface area contributed by atoms with Gasteiger partial charge in [0.2, 0.25) is 0 Å². The number of aromatic nitrogens is 2. The van der Waals surface area contributed by atoms with Crippen LogP contribution in [0.15, 0.2) is 24.4 Å². The monoisotopic (exact) mass is 314 g/mol. The van der Waals surface area contributed by atoms with E-state index in [2.05, 4.69) is 10.4 Å². The van der Waals surface area contributed by atoms with Gasteiger partial charge in [-0.15, -0.1) is 0 Å². The number of carbonyl (C=O) groups is 1. The third kappa shape index (κ3) is 2.89. The van der Waals surface area contributed by atoms with Crippen molar-refractivity contribution in [1.29, 1.82) is 0 Å². The second-order valence-electron chi connectivity index (χ2n) is 3.87. The molecule has 1 aromatic heterocycles. The zero-order valence-electron chi connectivity index (χ0n) is 10.1. The van der Waals surface area contributed by atoms with E-state index < -0.39 is 10.8 Å². The topological polar surface area (TPSA) is 90.1 Å². The van der Waals surface area contributed by atoms with Crippen LogP contribution in [-0.4, -0.2) is 20.6 Å². The SMILES string of the molecule is Cn1cc(Cl)c(C(=O)Nc2cc([N+](=O)[O-])ccc2Cl)n1. The van der Waals surface area contributed by atoms with E-state index >= 15 is 0 Å². The number of amides is 1. The van der Waals surface area contributed by atoms with Gasteiger partial charge in [-0.25, -0.2) is 0 Å². The maximum Gasteiger partial charge on any atom is 0.277 e. The minimum absolute atomic E-state index is 0.0109. The van der Waals surface area contributed by atoms with Gasteiger partial charge in [0.1, 0.15) is 0 Å². The number of hydrogen-bond acceptors (Lipinski definition) is 4. The summed E-state index contributed by atoms with van der Waals surface area (Å²) in [5.41, 5.74) is -0.0545. The standard InChI is InChI=1S/C11H8Cl2N4O3/c1-16-5-8(13)10(15-16)11(18)14-9-4-6(17(19)20)2-3-7(9)12/h2-5H,1H3,(H,14,18). The van der Waals surface area contributed by atoms with E-state index in [1.165, 1.54) is 23.0 Å². The fraction of sp³-hybridized carbons (Fsp3) is 0.0909. The van der Waals surface area contributed by atoms with Gasteiger partial charge in [0.15, 0.2) is 5.69 Å². The van der Waals surface area contributed by atoms with E-state index in [1.807, 2.05) is 0 Å². The highest BCUT2D eigenvalue weighted by molar-refractivity contribution is 6.35. The zero-order valence-corrected chi connectivity index (χ0v) is 11.6. The third-order valence-corrected chi connectivity index (χ3v) is 3.01. The summed E-state index contributed by atoms with van der Waals surface area (Å²) >= 11 is 11.7. The van der Waals surface area contributed by atoms with Crippen LogP contribution in [0.1, 0.15) is 10.5 Å².